The molecule has 2 atom stereocenters. The molecule has 26 heavy (non-hydrogen) atoms. The maximum atomic E-state index is 12.5. The van der Waals surface area contributed by atoms with Gasteiger partial charge in [-0.2, -0.15) is 0 Å². The number of benzene rings is 2. The lowest BCUT2D eigenvalue weighted by Gasteiger charge is -2.19. The fourth-order valence-electron chi connectivity index (χ4n) is 2.34. The van der Waals surface area contributed by atoms with Gasteiger partial charge in [0.25, 0.3) is 0 Å². The van der Waals surface area contributed by atoms with E-state index in [0.717, 1.165) is 16.1 Å². The summed E-state index contributed by atoms with van der Waals surface area (Å²) < 4.78 is 0. The molecule has 0 radical (unpaired) electrons. The number of anilines is 1. The largest absolute Gasteiger partial charge is 0.349 e. The zero-order valence-corrected chi connectivity index (χ0v) is 17.0. The van der Waals surface area contributed by atoms with Crippen LogP contribution in [0.1, 0.15) is 32.4 Å². The third-order valence-corrected chi connectivity index (χ3v) is 5.32. The van der Waals surface area contributed by atoms with Crippen LogP contribution in [0, 0.1) is 0 Å². The lowest BCUT2D eigenvalue weighted by atomic mass is 10.1. The molecule has 138 valence electrons. The number of carbonyl (C=O) groups is 2. The first-order chi connectivity index (χ1) is 12.3. The maximum absolute atomic E-state index is 12.5. The van der Waals surface area contributed by atoms with Crippen molar-refractivity contribution in [3.05, 3.63) is 58.1 Å². The average Bonchev–Trinajstić information content (AvgIpc) is 2.55. The Labute approximate surface area is 167 Å². The minimum absolute atomic E-state index is 0.0838. The Morgan fingerprint density at radius 2 is 1.69 bits per heavy atom. The first kappa shape index (κ1) is 20.6. The highest BCUT2D eigenvalue weighted by Crippen LogP contribution is 2.28. The highest BCUT2D eigenvalue weighted by atomic mass is 35.5. The Hall–Kier alpha value is -1.69. The van der Waals surface area contributed by atoms with Gasteiger partial charge < -0.3 is 10.6 Å². The lowest BCUT2D eigenvalue weighted by Crippen LogP contribution is -2.33. The molecule has 0 bridgehead atoms. The number of thioether (sulfide) groups is 1. The van der Waals surface area contributed by atoms with Gasteiger partial charge >= 0.3 is 0 Å². The van der Waals surface area contributed by atoms with Crippen LogP contribution in [0.3, 0.4) is 0 Å². The molecule has 0 spiro atoms. The van der Waals surface area contributed by atoms with E-state index in [2.05, 4.69) is 10.6 Å². The molecule has 0 heterocycles. The molecule has 2 aromatic rings. The highest BCUT2D eigenvalue weighted by molar-refractivity contribution is 8.00. The van der Waals surface area contributed by atoms with Crippen LogP contribution < -0.4 is 10.6 Å². The Balaban J connectivity index is 1.95. The average molecular weight is 411 g/mol. The number of hydrogen-bond acceptors (Lipinski definition) is 3. The van der Waals surface area contributed by atoms with Crippen molar-refractivity contribution >= 4 is 52.5 Å². The summed E-state index contributed by atoms with van der Waals surface area (Å²) in [5.74, 6) is -0.201. The molecule has 7 heteroatoms. The van der Waals surface area contributed by atoms with Gasteiger partial charge in [-0.15, -0.1) is 11.8 Å². The summed E-state index contributed by atoms with van der Waals surface area (Å²) in [7, 11) is 0. The molecular formula is C19H20Cl2N2O2S. The number of amides is 2. The molecule has 0 saturated carbocycles. The molecule has 2 aromatic carbocycles. The summed E-state index contributed by atoms with van der Waals surface area (Å²) in [5.41, 5.74) is 1.55. The van der Waals surface area contributed by atoms with Crippen molar-refractivity contribution < 1.29 is 9.59 Å². The van der Waals surface area contributed by atoms with Gasteiger partial charge in [0.05, 0.1) is 11.3 Å². The standard InChI is InChI=1S/C19H20Cl2N2O2S/c1-11(17-9-4-14(20)10-18(17)21)22-19(25)12(2)26-16-7-5-15(6-8-16)23-13(3)24/h4-12H,1-3H3,(H,22,25)(H,23,24)/t11-,12+/m1/s1. The second-order valence-corrected chi connectivity index (χ2v) is 8.12. The van der Waals surface area contributed by atoms with E-state index in [1.165, 1.54) is 18.7 Å². The van der Waals surface area contributed by atoms with Crippen molar-refractivity contribution in [1.82, 2.24) is 5.32 Å². The van der Waals surface area contributed by atoms with E-state index in [0.29, 0.717) is 10.0 Å². The summed E-state index contributed by atoms with van der Waals surface area (Å²) in [4.78, 5) is 24.4. The van der Waals surface area contributed by atoms with Gasteiger partial charge in [0.15, 0.2) is 0 Å². The van der Waals surface area contributed by atoms with Gasteiger partial charge in [0.2, 0.25) is 11.8 Å². The van der Waals surface area contributed by atoms with Gasteiger partial charge in [-0.1, -0.05) is 29.3 Å². The minimum atomic E-state index is -0.282. The van der Waals surface area contributed by atoms with Gasteiger partial charge in [0.1, 0.15) is 0 Å². The number of rotatable bonds is 6. The summed E-state index contributed by atoms with van der Waals surface area (Å²) in [5, 5.41) is 6.49. The highest BCUT2D eigenvalue weighted by Gasteiger charge is 2.18. The van der Waals surface area contributed by atoms with E-state index in [9.17, 15) is 9.59 Å². The predicted octanol–water partition coefficient (Wildman–Crippen LogP) is 5.31. The van der Waals surface area contributed by atoms with Crippen molar-refractivity contribution in [2.75, 3.05) is 5.32 Å². The van der Waals surface area contributed by atoms with Gasteiger partial charge in [-0.25, -0.2) is 0 Å². The number of carbonyl (C=O) groups excluding carboxylic acids is 2. The second-order valence-electron chi connectivity index (χ2n) is 5.86. The molecule has 0 aromatic heterocycles. The van der Waals surface area contributed by atoms with E-state index < -0.39 is 0 Å². The number of halogens is 2. The topological polar surface area (TPSA) is 58.2 Å². The monoisotopic (exact) mass is 410 g/mol. The SMILES string of the molecule is CC(=O)Nc1ccc(S[C@@H](C)C(=O)N[C@H](C)c2ccc(Cl)cc2Cl)cc1. The molecular weight excluding hydrogens is 391 g/mol. The molecule has 0 aliphatic heterocycles. The van der Waals surface area contributed by atoms with Crippen LogP contribution >= 0.6 is 35.0 Å². The molecule has 0 fully saturated rings. The van der Waals surface area contributed by atoms with Gasteiger partial charge in [-0.05, 0) is 55.8 Å². The van der Waals surface area contributed by atoms with Crippen LogP contribution in [0.2, 0.25) is 10.0 Å². The van der Waals surface area contributed by atoms with Crippen LogP contribution in [0.15, 0.2) is 47.4 Å². The smallest absolute Gasteiger partial charge is 0.233 e. The van der Waals surface area contributed by atoms with Crippen LogP contribution in [0.4, 0.5) is 5.69 Å². The number of nitrogens with one attached hydrogen (secondary N) is 2. The van der Waals surface area contributed by atoms with E-state index in [1.807, 2.05) is 44.2 Å². The Bertz CT molecular complexity index is 797. The lowest BCUT2D eigenvalue weighted by molar-refractivity contribution is -0.121. The first-order valence-electron chi connectivity index (χ1n) is 8.06. The quantitative estimate of drug-likeness (QED) is 0.634. The predicted molar refractivity (Wildman–Crippen MR) is 109 cm³/mol. The third kappa shape index (κ3) is 5.94. The summed E-state index contributed by atoms with van der Waals surface area (Å²) in [6, 6.07) is 12.4. The zero-order valence-electron chi connectivity index (χ0n) is 14.7. The first-order valence-corrected chi connectivity index (χ1v) is 9.69. The Morgan fingerprint density at radius 3 is 2.27 bits per heavy atom. The Morgan fingerprint density at radius 1 is 1.04 bits per heavy atom. The normalized spacial score (nSPS) is 13.0. The molecule has 0 aliphatic rings. The van der Waals surface area contributed by atoms with Crippen molar-refractivity contribution in [2.45, 2.75) is 37.0 Å². The fourth-order valence-corrected chi connectivity index (χ4v) is 3.79. The summed E-state index contributed by atoms with van der Waals surface area (Å²) in [6.45, 7) is 5.19. The van der Waals surface area contributed by atoms with Crippen molar-refractivity contribution in [1.29, 1.82) is 0 Å². The second kappa shape index (κ2) is 9.31. The van der Waals surface area contributed by atoms with E-state index >= 15 is 0 Å². The zero-order chi connectivity index (χ0) is 19.3. The molecule has 2 N–H and O–H groups in total. The molecule has 0 saturated heterocycles. The van der Waals surface area contributed by atoms with Gasteiger partial charge in [-0.3, -0.25) is 9.59 Å². The minimum Gasteiger partial charge on any atom is -0.349 e. The van der Waals surface area contributed by atoms with Crippen LogP contribution in [-0.4, -0.2) is 17.1 Å². The van der Waals surface area contributed by atoms with Crippen molar-refractivity contribution in [2.24, 2.45) is 0 Å². The molecule has 4 nitrogen and oxygen atoms in total. The molecule has 0 unspecified atom stereocenters. The molecule has 2 rings (SSSR count). The Kier molecular flexibility index (Phi) is 7.38. The van der Waals surface area contributed by atoms with Crippen molar-refractivity contribution in [3.63, 3.8) is 0 Å². The van der Waals surface area contributed by atoms with Crippen LogP contribution in [0.25, 0.3) is 0 Å². The maximum Gasteiger partial charge on any atom is 0.233 e. The molecule has 0 aliphatic carbocycles. The van der Waals surface area contributed by atoms with Crippen molar-refractivity contribution in [3.8, 4) is 0 Å². The van der Waals surface area contributed by atoms with Gasteiger partial charge in [0, 0.05) is 27.6 Å². The fraction of sp³-hybridized carbons (Fsp3) is 0.263. The van der Waals surface area contributed by atoms with E-state index in [1.54, 1.807) is 12.1 Å². The number of hydrogen-bond donors (Lipinski definition) is 2. The molecule has 2 amide bonds. The summed E-state index contributed by atoms with van der Waals surface area (Å²) in [6.07, 6.45) is 0. The van der Waals surface area contributed by atoms with Crippen LogP contribution in [0.5, 0.6) is 0 Å². The van der Waals surface area contributed by atoms with E-state index in [-0.39, 0.29) is 23.1 Å². The summed E-state index contributed by atoms with van der Waals surface area (Å²) >= 11 is 13.6. The van der Waals surface area contributed by atoms with Crippen LogP contribution in [-0.2, 0) is 9.59 Å². The van der Waals surface area contributed by atoms with E-state index in [4.69, 9.17) is 23.2 Å². The third-order valence-electron chi connectivity index (χ3n) is 3.64.